The van der Waals surface area contributed by atoms with Gasteiger partial charge in [0.05, 0.1) is 12.3 Å². The van der Waals surface area contributed by atoms with E-state index in [0.717, 1.165) is 5.56 Å². The van der Waals surface area contributed by atoms with Gasteiger partial charge in [-0.25, -0.2) is 0 Å². The second kappa shape index (κ2) is 4.44. The minimum atomic E-state index is 0.646. The fourth-order valence-electron chi connectivity index (χ4n) is 0.872. The van der Waals surface area contributed by atoms with Crippen LogP contribution in [0.1, 0.15) is 12.5 Å². The highest BCUT2D eigenvalue weighted by Gasteiger charge is 1.92. The van der Waals surface area contributed by atoms with Crippen LogP contribution in [0.4, 0.5) is 0 Å². The quantitative estimate of drug-likeness (QED) is 0.691. The van der Waals surface area contributed by atoms with Gasteiger partial charge in [0.15, 0.2) is 0 Å². The molecule has 0 fully saturated rings. The van der Waals surface area contributed by atoms with Gasteiger partial charge in [-0.3, -0.25) is 0 Å². The maximum Gasteiger partial charge on any atom is 0.106 e. The van der Waals surface area contributed by atoms with Gasteiger partial charge in [0, 0.05) is 5.56 Å². The first-order valence-electron chi connectivity index (χ1n) is 3.97. The van der Waals surface area contributed by atoms with Gasteiger partial charge in [-0.05, 0) is 6.92 Å². The maximum absolute atomic E-state index is 5.72. The van der Waals surface area contributed by atoms with Gasteiger partial charge in [-0.2, -0.15) is 0 Å². The SMILES string of the molecule is CCO/C=C(\N)c1ccccc1. The molecule has 0 aliphatic carbocycles. The molecule has 2 heteroatoms. The Bertz CT molecular complexity index is 254. The molecule has 1 rings (SSSR count). The summed E-state index contributed by atoms with van der Waals surface area (Å²) < 4.78 is 5.06. The molecule has 0 spiro atoms. The summed E-state index contributed by atoms with van der Waals surface area (Å²) in [5, 5.41) is 0. The topological polar surface area (TPSA) is 35.2 Å². The van der Waals surface area contributed by atoms with Crippen LogP contribution in [0, 0.1) is 0 Å². The monoisotopic (exact) mass is 163 g/mol. The van der Waals surface area contributed by atoms with E-state index >= 15 is 0 Å². The third kappa shape index (κ3) is 2.31. The molecule has 1 aromatic carbocycles. The van der Waals surface area contributed by atoms with E-state index in [0.29, 0.717) is 12.3 Å². The highest BCUT2D eigenvalue weighted by molar-refractivity contribution is 5.61. The lowest BCUT2D eigenvalue weighted by Crippen LogP contribution is -1.96. The minimum absolute atomic E-state index is 0.646. The van der Waals surface area contributed by atoms with Crippen molar-refractivity contribution in [1.29, 1.82) is 0 Å². The Morgan fingerprint density at radius 3 is 2.67 bits per heavy atom. The van der Waals surface area contributed by atoms with Crippen LogP contribution in [0.3, 0.4) is 0 Å². The summed E-state index contributed by atoms with van der Waals surface area (Å²) in [6.45, 7) is 2.57. The second-order valence-corrected chi connectivity index (χ2v) is 2.39. The zero-order valence-electron chi connectivity index (χ0n) is 7.16. The van der Waals surface area contributed by atoms with Gasteiger partial charge in [-0.15, -0.1) is 0 Å². The molecule has 0 atom stereocenters. The van der Waals surface area contributed by atoms with E-state index < -0.39 is 0 Å². The van der Waals surface area contributed by atoms with Crippen LogP contribution < -0.4 is 5.73 Å². The fourth-order valence-corrected chi connectivity index (χ4v) is 0.872. The van der Waals surface area contributed by atoms with Gasteiger partial charge in [-0.1, -0.05) is 30.3 Å². The molecule has 0 aliphatic heterocycles. The number of nitrogens with two attached hydrogens (primary N) is 1. The van der Waals surface area contributed by atoms with Crippen LogP contribution in [-0.4, -0.2) is 6.61 Å². The first-order valence-corrected chi connectivity index (χ1v) is 3.97. The molecule has 0 bridgehead atoms. The Hall–Kier alpha value is -1.44. The first kappa shape index (κ1) is 8.65. The van der Waals surface area contributed by atoms with E-state index in [1.807, 2.05) is 37.3 Å². The molecule has 0 aliphatic rings. The van der Waals surface area contributed by atoms with Crippen LogP contribution in [0.2, 0.25) is 0 Å². The molecule has 2 N–H and O–H groups in total. The maximum atomic E-state index is 5.72. The second-order valence-electron chi connectivity index (χ2n) is 2.39. The molecular formula is C10H13NO. The zero-order valence-corrected chi connectivity index (χ0v) is 7.16. The van der Waals surface area contributed by atoms with E-state index in [-0.39, 0.29) is 0 Å². The molecule has 0 heterocycles. The molecule has 0 amide bonds. The van der Waals surface area contributed by atoms with E-state index in [9.17, 15) is 0 Å². The van der Waals surface area contributed by atoms with Crippen LogP contribution >= 0.6 is 0 Å². The van der Waals surface area contributed by atoms with E-state index in [1.165, 1.54) is 0 Å². The Morgan fingerprint density at radius 2 is 2.08 bits per heavy atom. The number of benzene rings is 1. The number of hydrogen-bond acceptors (Lipinski definition) is 2. The number of ether oxygens (including phenoxy) is 1. The van der Waals surface area contributed by atoms with Crippen LogP contribution in [-0.2, 0) is 4.74 Å². The largest absolute Gasteiger partial charge is 0.499 e. The summed E-state index contributed by atoms with van der Waals surface area (Å²) in [4.78, 5) is 0. The zero-order chi connectivity index (χ0) is 8.81. The van der Waals surface area contributed by atoms with Crippen molar-refractivity contribution in [1.82, 2.24) is 0 Å². The Kier molecular flexibility index (Phi) is 3.20. The van der Waals surface area contributed by atoms with Crippen LogP contribution in [0.15, 0.2) is 36.6 Å². The Morgan fingerprint density at radius 1 is 1.42 bits per heavy atom. The predicted molar refractivity (Wildman–Crippen MR) is 50.2 cm³/mol. The third-order valence-electron chi connectivity index (χ3n) is 1.48. The number of rotatable bonds is 3. The van der Waals surface area contributed by atoms with Gasteiger partial charge < -0.3 is 10.5 Å². The van der Waals surface area contributed by atoms with Gasteiger partial charge in [0.2, 0.25) is 0 Å². The normalized spacial score (nSPS) is 11.2. The van der Waals surface area contributed by atoms with Crippen LogP contribution in [0.5, 0.6) is 0 Å². The van der Waals surface area contributed by atoms with Crippen molar-refractivity contribution >= 4 is 5.70 Å². The molecule has 0 unspecified atom stereocenters. The average Bonchev–Trinajstić information content (AvgIpc) is 2.15. The molecule has 0 saturated heterocycles. The van der Waals surface area contributed by atoms with Crippen molar-refractivity contribution in [3.8, 4) is 0 Å². The Labute approximate surface area is 72.7 Å². The van der Waals surface area contributed by atoms with E-state index in [4.69, 9.17) is 10.5 Å². The Balaban J connectivity index is 2.71. The van der Waals surface area contributed by atoms with Gasteiger partial charge in [0.1, 0.15) is 6.26 Å². The lowest BCUT2D eigenvalue weighted by atomic mass is 10.2. The van der Waals surface area contributed by atoms with E-state index in [1.54, 1.807) is 6.26 Å². The molecule has 12 heavy (non-hydrogen) atoms. The molecule has 0 radical (unpaired) electrons. The standard InChI is InChI=1S/C10H13NO/c1-2-12-8-10(11)9-6-4-3-5-7-9/h3-8H,2,11H2,1H3/b10-8-. The molecule has 0 saturated carbocycles. The summed E-state index contributed by atoms with van der Waals surface area (Å²) in [6.07, 6.45) is 1.58. The molecule has 2 nitrogen and oxygen atoms in total. The smallest absolute Gasteiger partial charge is 0.106 e. The molecule has 64 valence electrons. The van der Waals surface area contributed by atoms with Crippen molar-refractivity contribution in [2.24, 2.45) is 5.73 Å². The third-order valence-corrected chi connectivity index (χ3v) is 1.48. The summed E-state index contributed by atoms with van der Waals surface area (Å²) in [7, 11) is 0. The van der Waals surface area contributed by atoms with Crippen molar-refractivity contribution in [3.63, 3.8) is 0 Å². The molecule has 0 aromatic heterocycles. The lowest BCUT2D eigenvalue weighted by Gasteiger charge is -2.00. The first-order chi connectivity index (χ1) is 5.84. The van der Waals surface area contributed by atoms with E-state index in [2.05, 4.69) is 0 Å². The minimum Gasteiger partial charge on any atom is -0.499 e. The summed E-state index contributed by atoms with van der Waals surface area (Å²) in [5.74, 6) is 0. The molecule has 1 aromatic rings. The van der Waals surface area contributed by atoms with Gasteiger partial charge in [0.25, 0.3) is 0 Å². The van der Waals surface area contributed by atoms with Crippen molar-refractivity contribution in [2.75, 3.05) is 6.61 Å². The summed E-state index contributed by atoms with van der Waals surface area (Å²) in [6, 6.07) is 9.75. The van der Waals surface area contributed by atoms with Gasteiger partial charge >= 0.3 is 0 Å². The summed E-state index contributed by atoms with van der Waals surface area (Å²) >= 11 is 0. The van der Waals surface area contributed by atoms with Crippen LogP contribution in [0.25, 0.3) is 5.70 Å². The lowest BCUT2D eigenvalue weighted by molar-refractivity contribution is 0.270. The highest BCUT2D eigenvalue weighted by atomic mass is 16.5. The highest BCUT2D eigenvalue weighted by Crippen LogP contribution is 2.07. The fraction of sp³-hybridized carbons (Fsp3) is 0.200. The van der Waals surface area contributed by atoms with Crippen molar-refractivity contribution < 1.29 is 4.74 Å². The van der Waals surface area contributed by atoms with Crippen molar-refractivity contribution in [3.05, 3.63) is 42.2 Å². The van der Waals surface area contributed by atoms with Crippen molar-refractivity contribution in [2.45, 2.75) is 6.92 Å². The molecular weight excluding hydrogens is 150 g/mol. The predicted octanol–water partition coefficient (Wildman–Crippen LogP) is 1.98. The average molecular weight is 163 g/mol. The number of hydrogen-bond donors (Lipinski definition) is 1. The summed E-state index contributed by atoms with van der Waals surface area (Å²) in [5.41, 5.74) is 7.37.